The van der Waals surface area contributed by atoms with E-state index in [9.17, 15) is 14.4 Å². The van der Waals surface area contributed by atoms with Crippen molar-refractivity contribution in [2.45, 2.75) is 26.8 Å². The Hall–Kier alpha value is -3.29. The molecule has 7 nitrogen and oxygen atoms in total. The van der Waals surface area contributed by atoms with Gasteiger partial charge in [-0.05, 0) is 43.2 Å². The van der Waals surface area contributed by atoms with Crippen molar-refractivity contribution >= 4 is 41.2 Å². The van der Waals surface area contributed by atoms with E-state index in [-0.39, 0.29) is 17.8 Å². The van der Waals surface area contributed by atoms with Crippen molar-refractivity contribution < 1.29 is 9.59 Å². The number of nitrogens with zero attached hydrogens (tertiary/aromatic N) is 2. The highest BCUT2D eigenvalue weighted by molar-refractivity contribution is 6.42. The number of carbonyl (C=O) groups is 2. The summed E-state index contributed by atoms with van der Waals surface area (Å²) in [7, 11) is 0. The van der Waals surface area contributed by atoms with Gasteiger partial charge in [-0.1, -0.05) is 60.0 Å². The minimum absolute atomic E-state index is 0.0502. The summed E-state index contributed by atoms with van der Waals surface area (Å²) in [5.74, 6) is -0.487. The summed E-state index contributed by atoms with van der Waals surface area (Å²) in [5.41, 5.74) is 3.02. The Morgan fingerprint density at radius 3 is 2.38 bits per heavy atom. The Bertz CT molecular complexity index is 1310. The number of benzene rings is 2. The van der Waals surface area contributed by atoms with Gasteiger partial charge in [0.05, 0.1) is 27.8 Å². The molecule has 0 unspecified atom stereocenters. The Balaban J connectivity index is 1.67. The Labute approximate surface area is 194 Å². The molecule has 0 spiro atoms. The largest absolute Gasteiger partial charge is 0.329 e. The van der Waals surface area contributed by atoms with Crippen molar-refractivity contribution in [1.29, 1.82) is 0 Å². The van der Waals surface area contributed by atoms with E-state index < -0.39 is 11.9 Å². The Morgan fingerprint density at radius 1 is 1.00 bits per heavy atom. The molecule has 1 aliphatic heterocycles. The summed E-state index contributed by atoms with van der Waals surface area (Å²) in [6.45, 7) is 3.99. The van der Waals surface area contributed by atoms with Gasteiger partial charge in [-0.25, -0.2) is 9.48 Å². The Morgan fingerprint density at radius 2 is 1.72 bits per heavy atom. The molecule has 9 heteroatoms. The smallest absolute Gasteiger partial charge is 0.303 e. The number of aromatic amines is 1. The van der Waals surface area contributed by atoms with Crippen LogP contribution in [-0.2, 0) is 17.8 Å². The fourth-order valence-corrected chi connectivity index (χ4v) is 3.75. The lowest BCUT2D eigenvalue weighted by Gasteiger charge is -2.11. The minimum atomic E-state index is -0.528. The lowest BCUT2D eigenvalue weighted by Crippen LogP contribution is -2.30. The molecule has 0 saturated carbocycles. The normalized spacial score (nSPS) is 15.0. The fraction of sp³-hybridized carbons (Fsp3) is 0.174. The molecule has 3 amide bonds. The number of nitrogens with one attached hydrogen (secondary N) is 2. The predicted molar refractivity (Wildman–Crippen MR) is 124 cm³/mol. The number of H-pyrrole nitrogens is 1. The molecule has 2 heterocycles. The second kappa shape index (κ2) is 8.68. The molecule has 1 aromatic heterocycles. The molecule has 0 aliphatic carbocycles. The van der Waals surface area contributed by atoms with Crippen LogP contribution in [-0.4, -0.2) is 26.6 Å². The van der Waals surface area contributed by atoms with E-state index in [1.54, 1.807) is 18.2 Å². The van der Waals surface area contributed by atoms with Gasteiger partial charge in [-0.3, -0.25) is 19.6 Å². The molecule has 0 radical (unpaired) electrons. The van der Waals surface area contributed by atoms with Crippen LogP contribution in [0.4, 0.5) is 4.79 Å². The maximum absolute atomic E-state index is 13.1. The first kappa shape index (κ1) is 21.9. The van der Waals surface area contributed by atoms with Crippen molar-refractivity contribution in [1.82, 2.24) is 20.0 Å². The second-order valence-electron chi connectivity index (χ2n) is 7.46. The second-order valence-corrected chi connectivity index (χ2v) is 8.28. The molecular formula is C23H20Cl2N4O3. The van der Waals surface area contributed by atoms with Crippen molar-refractivity contribution in [2.24, 2.45) is 0 Å². The van der Waals surface area contributed by atoms with Crippen LogP contribution >= 0.6 is 23.2 Å². The maximum atomic E-state index is 13.1. The van der Waals surface area contributed by atoms with Crippen molar-refractivity contribution in [2.75, 3.05) is 0 Å². The van der Waals surface area contributed by atoms with E-state index in [2.05, 4.69) is 10.4 Å². The summed E-state index contributed by atoms with van der Waals surface area (Å²) in [4.78, 5) is 39.5. The molecule has 4 rings (SSSR count). The first-order valence-corrected chi connectivity index (χ1v) is 10.7. The van der Waals surface area contributed by atoms with Gasteiger partial charge in [-0.2, -0.15) is 0 Å². The summed E-state index contributed by atoms with van der Waals surface area (Å²) in [6.07, 6.45) is 1.93. The number of halogens is 2. The third kappa shape index (κ3) is 4.09. The van der Waals surface area contributed by atoms with Crippen LogP contribution in [0.1, 0.15) is 29.3 Å². The molecule has 0 bridgehead atoms. The van der Waals surface area contributed by atoms with E-state index in [4.69, 9.17) is 23.2 Å². The zero-order valence-electron chi connectivity index (χ0n) is 17.4. The molecule has 2 aromatic carbocycles. The molecular weight excluding hydrogens is 451 g/mol. The number of aromatic nitrogens is 2. The molecule has 1 saturated heterocycles. The van der Waals surface area contributed by atoms with Gasteiger partial charge >= 0.3 is 6.03 Å². The van der Waals surface area contributed by atoms with Crippen LogP contribution < -0.4 is 10.9 Å². The third-order valence-corrected chi connectivity index (χ3v) is 5.97. The standard InChI is InChI=1S/C23H20Cl2N4O3/c1-3-19-16(21(30)29(27-19)15-8-9-17(24)18(25)10-15)11-20-22(31)28(23(32)26-20)12-14-6-4-13(2)5-7-14/h4-11,27H,3,12H2,1-2H3,(H,26,32)/b20-11-. The lowest BCUT2D eigenvalue weighted by molar-refractivity contribution is -0.123. The number of urea groups is 1. The van der Waals surface area contributed by atoms with Gasteiger partial charge in [0.1, 0.15) is 5.70 Å². The van der Waals surface area contributed by atoms with Gasteiger partial charge in [0, 0.05) is 5.69 Å². The molecule has 1 aliphatic rings. The van der Waals surface area contributed by atoms with E-state index in [0.29, 0.717) is 33.4 Å². The van der Waals surface area contributed by atoms with E-state index in [1.807, 2.05) is 38.1 Å². The number of hydrogen-bond donors (Lipinski definition) is 2. The lowest BCUT2D eigenvalue weighted by atomic mass is 10.1. The van der Waals surface area contributed by atoms with Crippen molar-refractivity contribution in [3.8, 4) is 5.69 Å². The quantitative estimate of drug-likeness (QED) is 0.426. The predicted octanol–water partition coefficient (Wildman–Crippen LogP) is 4.44. The van der Waals surface area contributed by atoms with Gasteiger partial charge in [-0.15, -0.1) is 0 Å². The van der Waals surface area contributed by atoms with Crippen LogP contribution in [0.5, 0.6) is 0 Å². The summed E-state index contributed by atoms with van der Waals surface area (Å²) < 4.78 is 1.33. The molecule has 2 N–H and O–H groups in total. The number of rotatable bonds is 5. The summed E-state index contributed by atoms with van der Waals surface area (Å²) >= 11 is 12.1. The third-order valence-electron chi connectivity index (χ3n) is 5.23. The first-order chi connectivity index (χ1) is 15.3. The number of carbonyl (C=O) groups excluding carboxylic acids is 2. The van der Waals surface area contributed by atoms with Crippen LogP contribution in [0.2, 0.25) is 10.0 Å². The Kier molecular flexibility index (Phi) is 5.95. The SMILES string of the molecule is CCc1[nH]n(-c2ccc(Cl)c(Cl)c2)c(=O)c1/C=C1\NC(=O)N(Cc2ccc(C)cc2)C1=O. The highest BCUT2D eigenvalue weighted by Gasteiger charge is 2.34. The molecule has 164 valence electrons. The summed E-state index contributed by atoms with van der Waals surface area (Å²) in [6, 6.07) is 11.9. The fourth-order valence-electron chi connectivity index (χ4n) is 3.46. The monoisotopic (exact) mass is 470 g/mol. The summed E-state index contributed by atoms with van der Waals surface area (Å²) in [5, 5.41) is 6.30. The van der Waals surface area contributed by atoms with Crippen molar-refractivity contribution in [3.05, 3.63) is 90.9 Å². The van der Waals surface area contributed by atoms with Gasteiger partial charge in [0.25, 0.3) is 11.5 Å². The average Bonchev–Trinajstić information content (AvgIpc) is 3.22. The van der Waals surface area contributed by atoms with Crippen LogP contribution in [0, 0.1) is 6.92 Å². The van der Waals surface area contributed by atoms with Crippen LogP contribution in [0.3, 0.4) is 0 Å². The van der Waals surface area contributed by atoms with Crippen LogP contribution in [0.25, 0.3) is 11.8 Å². The topological polar surface area (TPSA) is 87.2 Å². The molecule has 0 atom stereocenters. The highest BCUT2D eigenvalue weighted by Crippen LogP contribution is 2.24. The molecule has 3 aromatic rings. The number of amides is 3. The van der Waals surface area contributed by atoms with Gasteiger partial charge in [0.2, 0.25) is 0 Å². The zero-order valence-corrected chi connectivity index (χ0v) is 18.9. The zero-order chi connectivity index (χ0) is 23.0. The van der Waals surface area contributed by atoms with Gasteiger partial charge < -0.3 is 5.32 Å². The molecule has 32 heavy (non-hydrogen) atoms. The number of aryl methyl sites for hydroxylation is 2. The first-order valence-electron chi connectivity index (χ1n) is 9.98. The van der Waals surface area contributed by atoms with Crippen LogP contribution in [0.15, 0.2) is 53.0 Å². The van der Waals surface area contributed by atoms with E-state index in [1.165, 1.54) is 10.8 Å². The minimum Gasteiger partial charge on any atom is -0.303 e. The van der Waals surface area contributed by atoms with E-state index in [0.717, 1.165) is 16.0 Å². The van der Waals surface area contributed by atoms with E-state index >= 15 is 0 Å². The number of hydrogen-bond acceptors (Lipinski definition) is 3. The average molecular weight is 471 g/mol. The molecule has 1 fully saturated rings. The van der Waals surface area contributed by atoms with Gasteiger partial charge in [0.15, 0.2) is 0 Å². The van der Waals surface area contributed by atoms with Crippen molar-refractivity contribution in [3.63, 3.8) is 0 Å². The number of imide groups is 1. The maximum Gasteiger partial charge on any atom is 0.329 e. The highest BCUT2D eigenvalue weighted by atomic mass is 35.5.